The highest BCUT2D eigenvalue weighted by Gasteiger charge is 2.45. The number of fused-ring (bicyclic) bond motifs is 1. The number of aliphatic hydroxyl groups is 1. The quantitative estimate of drug-likeness (QED) is 0.304. The van der Waals surface area contributed by atoms with Gasteiger partial charge in [-0.25, -0.2) is 0 Å². The van der Waals surface area contributed by atoms with Gasteiger partial charge in [0.2, 0.25) is 5.78 Å². The molecule has 0 radical (unpaired) electrons. The minimum absolute atomic E-state index is 0.0429. The van der Waals surface area contributed by atoms with E-state index in [1.165, 1.54) is 4.90 Å². The van der Waals surface area contributed by atoms with E-state index in [-0.39, 0.29) is 11.3 Å². The first-order valence-electron chi connectivity index (χ1n) is 12.0. The summed E-state index contributed by atoms with van der Waals surface area (Å²) in [7, 11) is 1.54. The van der Waals surface area contributed by atoms with E-state index in [1.54, 1.807) is 37.4 Å². The Hall–Kier alpha value is -4.52. The summed E-state index contributed by atoms with van der Waals surface area (Å²) >= 11 is 0. The number of hydrogen-bond acceptors (Lipinski definition) is 6. The highest BCUT2D eigenvalue weighted by molar-refractivity contribution is 6.20. The number of ketones is 1. The lowest BCUT2D eigenvalue weighted by atomic mass is 9.94. The molecule has 188 valence electrons. The molecule has 2 heterocycles. The van der Waals surface area contributed by atoms with E-state index in [2.05, 4.69) is 0 Å². The minimum Gasteiger partial charge on any atom is -0.503 e. The second-order valence-corrected chi connectivity index (χ2v) is 9.01. The fraction of sp³-hybridized carbons (Fsp3) is 0.200. The number of nitrogens with zero attached hydrogens (tertiary/aromatic N) is 1. The number of aryl methyl sites for hydroxylation is 2. The van der Waals surface area contributed by atoms with Gasteiger partial charge in [-0.3, -0.25) is 14.5 Å². The van der Waals surface area contributed by atoms with Crippen molar-refractivity contribution in [1.82, 2.24) is 0 Å². The van der Waals surface area contributed by atoms with Crippen LogP contribution in [0.3, 0.4) is 0 Å². The third-order valence-corrected chi connectivity index (χ3v) is 6.39. The van der Waals surface area contributed by atoms with E-state index in [1.807, 2.05) is 57.2 Å². The van der Waals surface area contributed by atoms with Crippen molar-refractivity contribution < 1.29 is 28.6 Å². The Balaban J connectivity index is 1.70. The van der Waals surface area contributed by atoms with Crippen LogP contribution in [0.4, 0.5) is 5.69 Å². The molecule has 1 amide bonds. The number of carbonyl (C=O) groups is 2. The molecule has 5 rings (SSSR count). The molecule has 7 heteroatoms. The number of benzene rings is 3. The Bertz CT molecular complexity index is 1510. The molecular formula is C30H27NO6. The molecule has 1 aliphatic rings. The number of hydrogen-bond donors (Lipinski definition) is 1. The Morgan fingerprint density at radius 3 is 2.41 bits per heavy atom. The van der Waals surface area contributed by atoms with Crippen LogP contribution in [-0.4, -0.2) is 30.5 Å². The third-order valence-electron chi connectivity index (χ3n) is 6.39. The van der Waals surface area contributed by atoms with Crippen LogP contribution < -0.4 is 14.4 Å². The molecule has 1 aromatic heterocycles. The zero-order chi connectivity index (χ0) is 26.3. The summed E-state index contributed by atoms with van der Waals surface area (Å²) in [6, 6.07) is 18.9. The zero-order valence-electron chi connectivity index (χ0n) is 21.1. The minimum atomic E-state index is -0.917. The molecule has 1 atom stereocenters. The van der Waals surface area contributed by atoms with Crippen molar-refractivity contribution in [1.29, 1.82) is 0 Å². The molecule has 1 aliphatic heterocycles. The van der Waals surface area contributed by atoms with E-state index in [0.29, 0.717) is 34.9 Å². The number of Topliss-reactive ketones (excluding diaryl/α,β-unsaturated/α-hetero) is 1. The van der Waals surface area contributed by atoms with Crippen molar-refractivity contribution in [3.8, 4) is 11.5 Å². The van der Waals surface area contributed by atoms with Crippen LogP contribution >= 0.6 is 0 Å². The Morgan fingerprint density at radius 1 is 1.00 bits per heavy atom. The molecule has 0 aliphatic carbocycles. The molecule has 0 bridgehead atoms. The number of para-hydroxylation sites is 1. The molecular weight excluding hydrogens is 470 g/mol. The number of ether oxygens (including phenoxy) is 2. The Morgan fingerprint density at radius 2 is 1.73 bits per heavy atom. The lowest BCUT2D eigenvalue weighted by Gasteiger charge is -2.28. The Kier molecular flexibility index (Phi) is 6.21. The topological polar surface area (TPSA) is 89.2 Å². The van der Waals surface area contributed by atoms with E-state index in [4.69, 9.17) is 13.9 Å². The third kappa shape index (κ3) is 4.22. The molecule has 3 aromatic carbocycles. The number of furan rings is 1. The molecule has 7 nitrogen and oxygen atoms in total. The largest absolute Gasteiger partial charge is 0.503 e. The van der Waals surface area contributed by atoms with Crippen LogP contribution in [0.15, 0.2) is 82.5 Å². The molecule has 0 spiro atoms. The summed E-state index contributed by atoms with van der Waals surface area (Å²) in [6.45, 7) is 6.12. The maximum atomic E-state index is 13.9. The smallest absolute Gasteiger partial charge is 0.294 e. The van der Waals surface area contributed by atoms with Crippen molar-refractivity contribution in [3.05, 3.63) is 101 Å². The fourth-order valence-electron chi connectivity index (χ4n) is 4.87. The highest BCUT2D eigenvalue weighted by atomic mass is 16.5. The number of amides is 1. The molecule has 1 unspecified atom stereocenters. The van der Waals surface area contributed by atoms with E-state index >= 15 is 0 Å². The van der Waals surface area contributed by atoms with Crippen molar-refractivity contribution in [2.75, 3.05) is 18.6 Å². The number of anilines is 1. The van der Waals surface area contributed by atoms with Crippen LogP contribution in [0.5, 0.6) is 11.5 Å². The molecule has 4 aromatic rings. The second-order valence-electron chi connectivity index (χ2n) is 9.01. The SMILES string of the molecule is CCOc1cc(C2C(C(=O)c3cc4ccccc4o3)=C(O)C(=O)N2c2cc(C)cc(C)c2)ccc1OC. The lowest BCUT2D eigenvalue weighted by Crippen LogP contribution is -2.31. The van der Waals surface area contributed by atoms with Gasteiger partial charge < -0.3 is 19.0 Å². The average molecular weight is 498 g/mol. The first-order valence-corrected chi connectivity index (χ1v) is 12.0. The van der Waals surface area contributed by atoms with Gasteiger partial charge in [0.1, 0.15) is 5.58 Å². The zero-order valence-corrected chi connectivity index (χ0v) is 21.1. The van der Waals surface area contributed by atoms with Gasteiger partial charge in [-0.15, -0.1) is 0 Å². The van der Waals surface area contributed by atoms with Crippen LogP contribution in [0.25, 0.3) is 11.0 Å². The summed E-state index contributed by atoms with van der Waals surface area (Å²) < 4.78 is 17.0. The first-order chi connectivity index (χ1) is 17.8. The number of carbonyl (C=O) groups excluding carboxylic acids is 2. The predicted octanol–water partition coefficient (Wildman–Crippen LogP) is 6.24. The predicted molar refractivity (Wildman–Crippen MR) is 141 cm³/mol. The van der Waals surface area contributed by atoms with E-state index < -0.39 is 23.5 Å². The molecule has 0 saturated carbocycles. The summed E-state index contributed by atoms with van der Waals surface area (Å²) in [5.41, 5.74) is 3.53. The number of rotatable bonds is 7. The second kappa shape index (κ2) is 9.50. The number of aliphatic hydroxyl groups excluding tert-OH is 1. The number of methoxy groups -OCH3 is 1. The van der Waals surface area contributed by atoms with Crippen molar-refractivity contribution in [2.45, 2.75) is 26.8 Å². The monoisotopic (exact) mass is 497 g/mol. The summed E-state index contributed by atoms with van der Waals surface area (Å²) in [6.07, 6.45) is 0. The van der Waals surface area contributed by atoms with Gasteiger partial charge in [0, 0.05) is 11.1 Å². The van der Waals surface area contributed by atoms with Crippen LogP contribution in [-0.2, 0) is 4.79 Å². The van der Waals surface area contributed by atoms with Crippen molar-refractivity contribution in [3.63, 3.8) is 0 Å². The van der Waals surface area contributed by atoms with E-state index in [0.717, 1.165) is 16.5 Å². The highest BCUT2D eigenvalue weighted by Crippen LogP contribution is 2.44. The summed E-state index contributed by atoms with van der Waals surface area (Å²) in [5, 5.41) is 11.9. The van der Waals surface area contributed by atoms with Crippen molar-refractivity contribution in [2.24, 2.45) is 0 Å². The van der Waals surface area contributed by atoms with Gasteiger partial charge >= 0.3 is 0 Å². The molecule has 0 saturated heterocycles. The van der Waals surface area contributed by atoms with Gasteiger partial charge in [0.25, 0.3) is 5.91 Å². The molecule has 1 N–H and O–H groups in total. The van der Waals surface area contributed by atoms with Crippen LogP contribution in [0.2, 0.25) is 0 Å². The van der Waals surface area contributed by atoms with Gasteiger partial charge in [0.15, 0.2) is 23.0 Å². The summed E-state index contributed by atoms with van der Waals surface area (Å²) in [5.74, 6) is -0.802. The molecule has 37 heavy (non-hydrogen) atoms. The van der Waals surface area contributed by atoms with Gasteiger partial charge in [-0.1, -0.05) is 30.3 Å². The van der Waals surface area contributed by atoms with Crippen LogP contribution in [0, 0.1) is 13.8 Å². The van der Waals surface area contributed by atoms with Crippen LogP contribution in [0.1, 0.15) is 40.2 Å². The van der Waals surface area contributed by atoms with Crippen molar-refractivity contribution >= 4 is 28.3 Å². The molecule has 0 fully saturated rings. The maximum absolute atomic E-state index is 13.9. The van der Waals surface area contributed by atoms with Gasteiger partial charge in [-0.05, 0) is 73.9 Å². The van der Waals surface area contributed by atoms with Gasteiger partial charge in [0.05, 0.1) is 25.3 Å². The fourth-order valence-corrected chi connectivity index (χ4v) is 4.87. The van der Waals surface area contributed by atoms with Gasteiger partial charge in [-0.2, -0.15) is 0 Å². The van der Waals surface area contributed by atoms with E-state index in [9.17, 15) is 14.7 Å². The first kappa shape index (κ1) is 24.2. The Labute approximate surface area is 214 Å². The lowest BCUT2D eigenvalue weighted by molar-refractivity contribution is -0.117. The summed E-state index contributed by atoms with van der Waals surface area (Å²) in [4.78, 5) is 28.8. The maximum Gasteiger partial charge on any atom is 0.294 e. The normalized spacial score (nSPS) is 15.5. The standard InChI is InChI=1S/C30H27NO6/c1-5-36-24-16-20(10-11-23(24)35-4)27-26(28(32)25-15-19-8-6-7-9-22(19)37-25)29(33)30(34)31(27)21-13-17(2)12-18(3)14-21/h6-16,27,33H,5H2,1-4H3. The average Bonchev–Trinajstić information content (AvgIpc) is 3.42.